The monoisotopic (exact) mass is 416 g/mol. The van der Waals surface area contributed by atoms with Gasteiger partial charge in [-0.05, 0) is 48.2 Å². The molecule has 0 saturated heterocycles. The summed E-state index contributed by atoms with van der Waals surface area (Å²) in [5, 5.41) is 2.79. The van der Waals surface area contributed by atoms with Gasteiger partial charge in [0.1, 0.15) is 11.5 Å². The van der Waals surface area contributed by atoms with E-state index in [-0.39, 0.29) is 10.8 Å². The molecule has 1 saturated carbocycles. The summed E-state index contributed by atoms with van der Waals surface area (Å²) in [7, 11) is -3.47. The summed E-state index contributed by atoms with van der Waals surface area (Å²) in [6.45, 7) is 7.00. The molecule has 1 aromatic carbocycles. The lowest BCUT2D eigenvalue weighted by Crippen LogP contribution is -2.30. The third-order valence-electron chi connectivity index (χ3n) is 5.25. The minimum Gasteiger partial charge on any atom is -0.461 e. The van der Waals surface area contributed by atoms with E-state index in [0.717, 1.165) is 17.7 Å². The van der Waals surface area contributed by atoms with Gasteiger partial charge in [0.2, 0.25) is 15.9 Å². The van der Waals surface area contributed by atoms with E-state index in [1.807, 2.05) is 26.0 Å². The Labute approximate surface area is 172 Å². The van der Waals surface area contributed by atoms with Crippen LogP contribution >= 0.6 is 0 Å². The van der Waals surface area contributed by atoms with Crippen molar-refractivity contribution >= 4 is 22.0 Å². The van der Waals surface area contributed by atoms with Crippen molar-refractivity contribution in [2.24, 2.45) is 5.92 Å². The number of amides is 1. The Hall–Kier alpha value is -2.38. The Bertz CT molecular complexity index is 972. The highest BCUT2D eigenvalue weighted by Crippen LogP contribution is 2.47. The number of hydrogen-bond donors (Lipinski definition) is 1. The summed E-state index contributed by atoms with van der Waals surface area (Å²) in [4.78, 5) is 12.3. The third kappa shape index (κ3) is 5.16. The molecule has 0 unspecified atom stereocenters. The van der Waals surface area contributed by atoms with Crippen molar-refractivity contribution in [3.63, 3.8) is 0 Å². The number of hydrogen-bond acceptors (Lipinski definition) is 4. The average molecular weight is 417 g/mol. The highest BCUT2D eigenvalue weighted by atomic mass is 32.2. The molecule has 2 atom stereocenters. The molecule has 1 N–H and O–H groups in total. The van der Waals surface area contributed by atoms with Crippen molar-refractivity contribution in [2.45, 2.75) is 44.6 Å². The van der Waals surface area contributed by atoms with Crippen LogP contribution in [0.4, 0.5) is 0 Å². The maximum Gasteiger partial charge on any atom is 0.244 e. The molecule has 156 valence electrons. The molecule has 1 amide bonds. The van der Waals surface area contributed by atoms with Gasteiger partial charge >= 0.3 is 0 Å². The van der Waals surface area contributed by atoms with Crippen LogP contribution in [0.2, 0.25) is 0 Å². The Balaban J connectivity index is 1.53. The third-order valence-corrected chi connectivity index (χ3v) is 7.32. The molecule has 1 fully saturated rings. The van der Waals surface area contributed by atoms with Crippen LogP contribution in [0.25, 0.3) is 6.08 Å². The first-order valence-corrected chi connectivity index (χ1v) is 11.4. The smallest absolute Gasteiger partial charge is 0.244 e. The zero-order chi connectivity index (χ0) is 21.0. The number of nitrogens with zero attached hydrogens (tertiary/aromatic N) is 1. The van der Waals surface area contributed by atoms with E-state index in [2.05, 4.69) is 12.2 Å². The molecular weight excluding hydrogens is 388 g/mol. The molecule has 0 aliphatic heterocycles. The van der Waals surface area contributed by atoms with E-state index in [0.29, 0.717) is 37.2 Å². The SMILES string of the molecule is CCN(CC)S(=O)(=O)c1ccc(CNC(=O)/C=C/c2ccc([C@@H]3C[C@H]3C)o2)cc1. The molecule has 1 aromatic heterocycles. The molecule has 7 heteroatoms. The van der Waals surface area contributed by atoms with Gasteiger partial charge in [-0.15, -0.1) is 0 Å². The Kier molecular flexibility index (Phi) is 6.59. The molecule has 3 rings (SSSR count). The largest absolute Gasteiger partial charge is 0.461 e. The molecule has 1 aliphatic rings. The van der Waals surface area contributed by atoms with Crippen LogP contribution in [0.5, 0.6) is 0 Å². The maximum absolute atomic E-state index is 12.5. The van der Waals surface area contributed by atoms with E-state index in [4.69, 9.17) is 4.42 Å². The van der Waals surface area contributed by atoms with Crippen molar-refractivity contribution < 1.29 is 17.6 Å². The zero-order valence-corrected chi connectivity index (χ0v) is 17.9. The predicted octanol–water partition coefficient (Wildman–Crippen LogP) is 3.76. The number of furan rings is 1. The van der Waals surface area contributed by atoms with Crippen LogP contribution in [-0.4, -0.2) is 31.7 Å². The molecule has 1 heterocycles. The van der Waals surface area contributed by atoms with Gasteiger partial charge in [0.05, 0.1) is 4.90 Å². The van der Waals surface area contributed by atoms with E-state index in [1.165, 1.54) is 10.4 Å². The van der Waals surface area contributed by atoms with Crippen LogP contribution in [0.3, 0.4) is 0 Å². The van der Waals surface area contributed by atoms with Gasteiger partial charge in [0.15, 0.2) is 0 Å². The van der Waals surface area contributed by atoms with Gasteiger partial charge in [0, 0.05) is 31.6 Å². The highest BCUT2D eigenvalue weighted by molar-refractivity contribution is 7.89. The number of carbonyl (C=O) groups is 1. The second kappa shape index (κ2) is 8.97. The van der Waals surface area contributed by atoms with Crippen LogP contribution < -0.4 is 5.32 Å². The fourth-order valence-electron chi connectivity index (χ4n) is 3.27. The van der Waals surface area contributed by atoms with Crippen LogP contribution in [0, 0.1) is 5.92 Å². The molecule has 29 heavy (non-hydrogen) atoms. The summed E-state index contributed by atoms with van der Waals surface area (Å²) < 4.78 is 32.2. The van der Waals surface area contributed by atoms with Gasteiger partial charge < -0.3 is 9.73 Å². The zero-order valence-electron chi connectivity index (χ0n) is 17.1. The Morgan fingerprint density at radius 1 is 1.17 bits per heavy atom. The van der Waals surface area contributed by atoms with Crippen LogP contribution in [0.1, 0.15) is 50.2 Å². The van der Waals surface area contributed by atoms with Crippen LogP contribution in [0.15, 0.2) is 51.8 Å². The van der Waals surface area contributed by atoms with Crippen molar-refractivity contribution in [3.8, 4) is 0 Å². The van der Waals surface area contributed by atoms with Crippen molar-refractivity contribution in [3.05, 3.63) is 59.6 Å². The van der Waals surface area contributed by atoms with Gasteiger partial charge in [-0.25, -0.2) is 8.42 Å². The summed E-state index contributed by atoms with van der Waals surface area (Å²) in [5.41, 5.74) is 0.827. The van der Waals surface area contributed by atoms with Gasteiger partial charge in [-0.3, -0.25) is 4.79 Å². The van der Waals surface area contributed by atoms with E-state index in [9.17, 15) is 13.2 Å². The first-order chi connectivity index (χ1) is 13.8. The van der Waals surface area contributed by atoms with Gasteiger partial charge in [-0.1, -0.05) is 32.9 Å². The molecule has 0 spiro atoms. The van der Waals surface area contributed by atoms with Crippen molar-refractivity contribution in [1.82, 2.24) is 9.62 Å². The fraction of sp³-hybridized carbons (Fsp3) is 0.409. The summed E-state index contributed by atoms with van der Waals surface area (Å²) in [6.07, 6.45) is 4.26. The van der Waals surface area contributed by atoms with E-state index >= 15 is 0 Å². The minimum atomic E-state index is -3.47. The number of benzene rings is 1. The summed E-state index contributed by atoms with van der Waals surface area (Å²) >= 11 is 0. The van der Waals surface area contributed by atoms with Crippen molar-refractivity contribution in [2.75, 3.05) is 13.1 Å². The maximum atomic E-state index is 12.5. The molecular formula is C22H28N2O4S. The molecule has 6 nitrogen and oxygen atoms in total. The standard InChI is InChI=1S/C22H28N2O4S/c1-4-24(5-2)29(26,27)19-10-6-17(7-11-19)15-23-22(25)13-9-18-8-12-21(28-18)20-14-16(20)3/h6-13,16,20H,4-5,14-15H2,1-3H3,(H,23,25)/b13-9+/t16-,20-/m1/s1. The van der Waals surface area contributed by atoms with Gasteiger partial charge in [0.25, 0.3) is 0 Å². The number of nitrogens with one attached hydrogen (secondary N) is 1. The number of rotatable bonds is 9. The second-order valence-electron chi connectivity index (χ2n) is 7.34. The summed E-state index contributed by atoms with van der Waals surface area (Å²) in [6, 6.07) is 10.4. The quantitative estimate of drug-likeness (QED) is 0.631. The highest BCUT2D eigenvalue weighted by Gasteiger charge is 2.36. The Morgan fingerprint density at radius 3 is 2.41 bits per heavy atom. The first-order valence-electron chi connectivity index (χ1n) is 9.99. The topological polar surface area (TPSA) is 79.6 Å². The predicted molar refractivity (Wildman–Crippen MR) is 113 cm³/mol. The molecule has 0 bridgehead atoms. The normalized spacial score (nSPS) is 19.0. The average Bonchev–Trinajstić information content (AvgIpc) is 3.25. The molecule has 2 aromatic rings. The van der Waals surface area contributed by atoms with Crippen molar-refractivity contribution in [1.29, 1.82) is 0 Å². The summed E-state index contributed by atoms with van der Waals surface area (Å²) in [5.74, 6) is 2.61. The lowest BCUT2D eigenvalue weighted by molar-refractivity contribution is -0.116. The first kappa shape index (κ1) is 21.3. The minimum absolute atomic E-state index is 0.234. The number of carbonyl (C=O) groups excluding carboxylic acids is 1. The lowest BCUT2D eigenvalue weighted by Gasteiger charge is -2.18. The molecule has 1 aliphatic carbocycles. The molecule has 0 radical (unpaired) electrons. The van der Waals surface area contributed by atoms with E-state index in [1.54, 1.807) is 30.3 Å². The second-order valence-corrected chi connectivity index (χ2v) is 9.28. The Morgan fingerprint density at radius 2 is 1.83 bits per heavy atom. The lowest BCUT2D eigenvalue weighted by atomic mass is 10.2. The van der Waals surface area contributed by atoms with E-state index < -0.39 is 10.0 Å². The number of sulfonamides is 1. The fourth-order valence-corrected chi connectivity index (χ4v) is 4.73. The van der Waals surface area contributed by atoms with Gasteiger partial charge in [-0.2, -0.15) is 4.31 Å². The van der Waals surface area contributed by atoms with Crippen LogP contribution in [-0.2, 0) is 21.4 Å².